The zero-order valence-electron chi connectivity index (χ0n) is 14.9. The summed E-state index contributed by atoms with van der Waals surface area (Å²) in [6.07, 6.45) is 0. The van der Waals surface area contributed by atoms with Crippen molar-refractivity contribution in [3.8, 4) is 34.2 Å². The second kappa shape index (κ2) is 7.53. The number of amides is 1. The second-order valence-electron chi connectivity index (χ2n) is 5.61. The van der Waals surface area contributed by atoms with Gasteiger partial charge >= 0.3 is 6.01 Å². The van der Waals surface area contributed by atoms with E-state index in [1.807, 2.05) is 16.8 Å². The number of nitrogens with zero attached hydrogens (tertiary/aromatic N) is 3. The number of carbonyl (C=O) groups excluding carboxylic acids is 1. The molecule has 0 aliphatic carbocycles. The van der Waals surface area contributed by atoms with Crippen molar-refractivity contribution in [2.45, 2.75) is 0 Å². The highest BCUT2D eigenvalue weighted by atomic mass is 32.1. The summed E-state index contributed by atoms with van der Waals surface area (Å²) in [6.45, 7) is 0. The van der Waals surface area contributed by atoms with Gasteiger partial charge in [0.15, 0.2) is 0 Å². The lowest BCUT2D eigenvalue weighted by molar-refractivity contribution is 0.101. The Labute approximate surface area is 163 Å². The predicted octanol–water partition coefficient (Wildman–Crippen LogP) is 3.46. The fourth-order valence-electron chi connectivity index (χ4n) is 2.53. The van der Waals surface area contributed by atoms with E-state index in [4.69, 9.17) is 13.9 Å². The SMILES string of the molecule is COc1ccc(OC)c(-c2cc(C(=O)Nc3nnc(-c4ccsc4)o3)[nH]n2)c1. The number of benzene rings is 1. The molecule has 9 nitrogen and oxygen atoms in total. The van der Waals surface area contributed by atoms with E-state index in [1.54, 1.807) is 38.5 Å². The van der Waals surface area contributed by atoms with Crippen molar-refractivity contribution in [2.75, 3.05) is 19.5 Å². The summed E-state index contributed by atoms with van der Waals surface area (Å²) in [6, 6.07) is 8.79. The molecule has 3 heterocycles. The van der Waals surface area contributed by atoms with Crippen molar-refractivity contribution in [2.24, 2.45) is 0 Å². The summed E-state index contributed by atoms with van der Waals surface area (Å²) in [4.78, 5) is 12.5. The molecule has 0 atom stereocenters. The lowest BCUT2D eigenvalue weighted by atomic mass is 10.1. The molecule has 0 unspecified atom stereocenters. The molecular formula is C18H15N5O4S. The highest BCUT2D eigenvalue weighted by molar-refractivity contribution is 7.08. The Bertz CT molecular complexity index is 1100. The Kier molecular flexibility index (Phi) is 4.77. The third-order valence-electron chi connectivity index (χ3n) is 3.92. The highest BCUT2D eigenvalue weighted by Crippen LogP contribution is 2.32. The van der Waals surface area contributed by atoms with Gasteiger partial charge in [0.2, 0.25) is 0 Å². The number of aromatic nitrogens is 4. The van der Waals surface area contributed by atoms with E-state index < -0.39 is 5.91 Å². The van der Waals surface area contributed by atoms with Crippen LogP contribution < -0.4 is 14.8 Å². The van der Waals surface area contributed by atoms with E-state index >= 15 is 0 Å². The summed E-state index contributed by atoms with van der Waals surface area (Å²) in [5, 5.41) is 21.0. The number of H-pyrrole nitrogens is 1. The summed E-state index contributed by atoms with van der Waals surface area (Å²) < 4.78 is 16.1. The van der Waals surface area contributed by atoms with Crippen molar-refractivity contribution in [3.05, 3.63) is 46.8 Å². The first-order valence-corrected chi connectivity index (χ1v) is 9.07. The van der Waals surface area contributed by atoms with Crippen LogP contribution in [-0.2, 0) is 0 Å². The lowest BCUT2D eigenvalue weighted by Gasteiger charge is -2.08. The van der Waals surface area contributed by atoms with Gasteiger partial charge < -0.3 is 13.9 Å². The summed E-state index contributed by atoms with van der Waals surface area (Å²) in [7, 11) is 3.13. The van der Waals surface area contributed by atoms with Crippen molar-refractivity contribution >= 4 is 23.3 Å². The number of carbonyl (C=O) groups is 1. The Morgan fingerprint density at radius 3 is 2.82 bits per heavy atom. The molecule has 2 N–H and O–H groups in total. The van der Waals surface area contributed by atoms with Gasteiger partial charge in [-0.2, -0.15) is 16.4 Å². The van der Waals surface area contributed by atoms with Crippen LogP contribution in [0.4, 0.5) is 6.01 Å². The smallest absolute Gasteiger partial charge is 0.322 e. The largest absolute Gasteiger partial charge is 0.497 e. The average Bonchev–Trinajstić information content (AvgIpc) is 3.48. The maximum Gasteiger partial charge on any atom is 0.322 e. The molecule has 142 valence electrons. The Morgan fingerprint density at radius 2 is 2.07 bits per heavy atom. The fourth-order valence-corrected chi connectivity index (χ4v) is 3.16. The monoisotopic (exact) mass is 397 g/mol. The minimum Gasteiger partial charge on any atom is -0.497 e. The van der Waals surface area contributed by atoms with Gasteiger partial charge in [0.05, 0.1) is 19.9 Å². The average molecular weight is 397 g/mol. The number of thiophene rings is 1. The van der Waals surface area contributed by atoms with Gasteiger partial charge in [-0.1, -0.05) is 5.10 Å². The zero-order chi connectivity index (χ0) is 19.5. The molecule has 0 spiro atoms. The number of hydrogen-bond acceptors (Lipinski definition) is 8. The molecule has 1 amide bonds. The van der Waals surface area contributed by atoms with Crippen LogP contribution in [0.3, 0.4) is 0 Å². The van der Waals surface area contributed by atoms with Gasteiger partial charge in [-0.3, -0.25) is 15.2 Å². The van der Waals surface area contributed by atoms with E-state index in [-0.39, 0.29) is 11.7 Å². The molecule has 0 saturated carbocycles. The Hall–Kier alpha value is -3.66. The molecule has 0 bridgehead atoms. The summed E-state index contributed by atoms with van der Waals surface area (Å²) in [5.41, 5.74) is 2.25. The second-order valence-corrected chi connectivity index (χ2v) is 6.39. The molecule has 28 heavy (non-hydrogen) atoms. The molecule has 3 aromatic heterocycles. The predicted molar refractivity (Wildman–Crippen MR) is 103 cm³/mol. The number of hydrogen-bond donors (Lipinski definition) is 2. The molecular weight excluding hydrogens is 382 g/mol. The van der Waals surface area contributed by atoms with Gasteiger partial charge in [-0.15, -0.1) is 5.10 Å². The topological polar surface area (TPSA) is 115 Å². The van der Waals surface area contributed by atoms with Gasteiger partial charge in [-0.05, 0) is 35.7 Å². The molecule has 0 aliphatic heterocycles. The fraction of sp³-hybridized carbons (Fsp3) is 0.111. The summed E-state index contributed by atoms with van der Waals surface area (Å²) >= 11 is 1.51. The highest BCUT2D eigenvalue weighted by Gasteiger charge is 2.17. The van der Waals surface area contributed by atoms with Gasteiger partial charge in [0.25, 0.3) is 11.8 Å². The van der Waals surface area contributed by atoms with Crippen LogP contribution >= 0.6 is 11.3 Å². The standard InChI is InChI=1S/C18H15N5O4S/c1-25-11-3-4-15(26-2)12(7-11)13-8-14(21-20-13)16(24)19-18-23-22-17(27-18)10-5-6-28-9-10/h3-9H,1-2H3,(H,20,21)(H,19,23,24). The van der Waals surface area contributed by atoms with E-state index in [0.29, 0.717) is 28.6 Å². The molecule has 4 rings (SSSR count). The third kappa shape index (κ3) is 3.45. The van der Waals surface area contributed by atoms with Crippen LogP contribution in [0.15, 0.2) is 45.5 Å². The maximum absolute atomic E-state index is 12.5. The molecule has 0 radical (unpaired) electrons. The first-order valence-electron chi connectivity index (χ1n) is 8.13. The Balaban J connectivity index is 1.54. The number of methoxy groups -OCH3 is 2. The zero-order valence-corrected chi connectivity index (χ0v) is 15.7. The van der Waals surface area contributed by atoms with Gasteiger partial charge in [0, 0.05) is 16.5 Å². The number of anilines is 1. The van der Waals surface area contributed by atoms with Crippen LogP contribution in [-0.4, -0.2) is 40.5 Å². The third-order valence-corrected chi connectivity index (χ3v) is 4.60. The normalized spacial score (nSPS) is 10.6. The quantitative estimate of drug-likeness (QED) is 0.512. The van der Waals surface area contributed by atoms with E-state index in [2.05, 4.69) is 25.7 Å². The van der Waals surface area contributed by atoms with Crippen molar-refractivity contribution in [1.29, 1.82) is 0 Å². The minimum atomic E-state index is -0.457. The van der Waals surface area contributed by atoms with Crippen molar-refractivity contribution in [3.63, 3.8) is 0 Å². The number of aromatic amines is 1. The Morgan fingerprint density at radius 1 is 1.18 bits per heavy atom. The molecule has 0 aliphatic rings. The van der Waals surface area contributed by atoms with Crippen LogP contribution in [0, 0.1) is 0 Å². The lowest BCUT2D eigenvalue weighted by Crippen LogP contribution is -2.12. The summed E-state index contributed by atoms with van der Waals surface area (Å²) in [5.74, 6) is 1.14. The van der Waals surface area contributed by atoms with Gasteiger partial charge in [0.1, 0.15) is 17.2 Å². The van der Waals surface area contributed by atoms with Gasteiger partial charge in [-0.25, -0.2) is 0 Å². The van der Waals surface area contributed by atoms with Crippen LogP contribution in [0.5, 0.6) is 11.5 Å². The van der Waals surface area contributed by atoms with E-state index in [9.17, 15) is 4.79 Å². The molecule has 0 fully saturated rings. The maximum atomic E-state index is 12.5. The number of ether oxygens (including phenoxy) is 2. The van der Waals surface area contributed by atoms with Crippen molar-refractivity contribution < 1.29 is 18.7 Å². The molecule has 4 aromatic rings. The first-order chi connectivity index (χ1) is 13.7. The molecule has 10 heteroatoms. The van der Waals surface area contributed by atoms with Crippen LogP contribution in [0.1, 0.15) is 10.5 Å². The molecule has 1 aromatic carbocycles. The van der Waals surface area contributed by atoms with E-state index in [1.165, 1.54) is 11.3 Å². The van der Waals surface area contributed by atoms with Crippen molar-refractivity contribution in [1.82, 2.24) is 20.4 Å². The first kappa shape index (κ1) is 17.7. The number of rotatable bonds is 6. The van der Waals surface area contributed by atoms with Crippen LogP contribution in [0.25, 0.3) is 22.7 Å². The minimum absolute atomic E-state index is 0.00121. The van der Waals surface area contributed by atoms with E-state index in [0.717, 1.165) is 5.56 Å². The molecule has 0 saturated heterocycles. The number of nitrogens with one attached hydrogen (secondary N) is 2. The van der Waals surface area contributed by atoms with Crippen LogP contribution in [0.2, 0.25) is 0 Å².